The number of rotatable bonds is 6. The van der Waals surface area contributed by atoms with Crippen LogP contribution in [-0.2, 0) is 5.54 Å². The van der Waals surface area contributed by atoms with E-state index in [9.17, 15) is 4.79 Å². The number of piperidine rings is 1. The quantitative estimate of drug-likeness (QED) is 0.328. The molecule has 4 N–H and O–H groups in total. The summed E-state index contributed by atoms with van der Waals surface area (Å²) < 4.78 is 1.83. The van der Waals surface area contributed by atoms with E-state index in [1.54, 1.807) is 6.07 Å². The fourth-order valence-electron chi connectivity index (χ4n) is 4.87. The molecule has 1 fully saturated rings. The van der Waals surface area contributed by atoms with Crippen LogP contribution in [-0.4, -0.2) is 61.7 Å². The monoisotopic (exact) mass is 508 g/mol. The zero-order chi connectivity index (χ0) is 25.4. The minimum Gasteiger partial charge on any atom is -0.383 e. The Bertz CT molecular complexity index is 1410. The third kappa shape index (κ3) is 4.65. The van der Waals surface area contributed by atoms with Crippen molar-refractivity contribution in [2.45, 2.75) is 52.0 Å². The molecule has 0 radical (unpaired) electrons. The minimum atomic E-state index is -0.324. The van der Waals surface area contributed by atoms with Gasteiger partial charge in [-0.2, -0.15) is 5.10 Å². The Morgan fingerprint density at radius 2 is 1.97 bits per heavy atom. The molecule has 190 valence electrons. The number of anilines is 1. The van der Waals surface area contributed by atoms with Crippen molar-refractivity contribution in [1.29, 1.82) is 0 Å². The van der Waals surface area contributed by atoms with E-state index in [1.165, 1.54) is 38.7 Å². The maximum absolute atomic E-state index is 12.8. The summed E-state index contributed by atoms with van der Waals surface area (Å²) in [4.78, 5) is 27.3. The van der Waals surface area contributed by atoms with Crippen molar-refractivity contribution in [3.05, 3.63) is 35.1 Å². The lowest BCUT2D eigenvalue weighted by atomic mass is 10.1. The van der Waals surface area contributed by atoms with E-state index in [4.69, 9.17) is 22.4 Å². The Labute approximate surface area is 215 Å². The van der Waals surface area contributed by atoms with Gasteiger partial charge in [-0.1, -0.05) is 24.1 Å². The lowest BCUT2D eigenvalue weighted by Crippen LogP contribution is -2.33. The summed E-state index contributed by atoms with van der Waals surface area (Å²) in [6.07, 6.45) is 6.27. The number of nitrogen functional groups attached to an aromatic ring is 1. The van der Waals surface area contributed by atoms with Crippen LogP contribution in [0.3, 0.4) is 0 Å². The first-order chi connectivity index (χ1) is 17.2. The number of carbonyl (C=O) groups is 1. The molecule has 4 heterocycles. The van der Waals surface area contributed by atoms with Crippen LogP contribution in [0.2, 0.25) is 5.02 Å². The first-order valence-electron chi connectivity index (χ1n) is 12.6. The molecule has 4 aromatic rings. The molecular formula is C26H33ClN8O. The van der Waals surface area contributed by atoms with Gasteiger partial charge in [0.2, 0.25) is 0 Å². The van der Waals surface area contributed by atoms with E-state index in [0.29, 0.717) is 45.4 Å². The second kappa shape index (κ2) is 9.71. The van der Waals surface area contributed by atoms with Gasteiger partial charge < -0.3 is 20.9 Å². The zero-order valence-corrected chi connectivity index (χ0v) is 21.8. The maximum Gasteiger partial charge on any atom is 0.251 e. The summed E-state index contributed by atoms with van der Waals surface area (Å²) in [5.41, 5.74) is 9.11. The van der Waals surface area contributed by atoms with Gasteiger partial charge in [-0.25, -0.2) is 14.6 Å². The molecule has 0 atom stereocenters. The number of hydrogen-bond donors (Lipinski definition) is 3. The first kappa shape index (κ1) is 24.5. The average molecular weight is 509 g/mol. The predicted octanol–water partition coefficient (Wildman–Crippen LogP) is 4.57. The van der Waals surface area contributed by atoms with E-state index in [0.717, 1.165) is 23.9 Å². The van der Waals surface area contributed by atoms with Gasteiger partial charge in [0.05, 0.1) is 21.6 Å². The molecule has 5 rings (SSSR count). The molecule has 0 unspecified atom stereocenters. The SMILES string of the molecule is CC(C)(C)n1nc(-c2[nH]c3cc(C(=O)NCCCN4CCCCC4)ccc3c2Cl)c2c(N)ncnc21. The number of amides is 1. The van der Waals surface area contributed by atoms with E-state index in [1.807, 2.05) is 37.6 Å². The van der Waals surface area contributed by atoms with Crippen LogP contribution < -0.4 is 11.1 Å². The zero-order valence-electron chi connectivity index (χ0n) is 21.1. The Balaban J connectivity index is 1.40. The van der Waals surface area contributed by atoms with Crippen LogP contribution in [0.15, 0.2) is 24.5 Å². The topological polar surface area (TPSA) is 118 Å². The van der Waals surface area contributed by atoms with Gasteiger partial charge in [-0.3, -0.25) is 4.79 Å². The van der Waals surface area contributed by atoms with Crippen LogP contribution in [0.5, 0.6) is 0 Å². The lowest BCUT2D eigenvalue weighted by Gasteiger charge is -2.26. The van der Waals surface area contributed by atoms with Crippen molar-refractivity contribution in [2.75, 3.05) is 31.9 Å². The number of nitrogens with one attached hydrogen (secondary N) is 2. The lowest BCUT2D eigenvalue weighted by molar-refractivity contribution is 0.0951. The maximum atomic E-state index is 12.8. The average Bonchev–Trinajstić information content (AvgIpc) is 3.41. The van der Waals surface area contributed by atoms with Crippen molar-refractivity contribution >= 4 is 45.3 Å². The Kier molecular flexibility index (Phi) is 6.61. The highest BCUT2D eigenvalue weighted by Gasteiger charge is 2.26. The molecular weight excluding hydrogens is 476 g/mol. The third-order valence-electron chi connectivity index (χ3n) is 6.75. The summed E-state index contributed by atoms with van der Waals surface area (Å²) >= 11 is 6.81. The highest BCUT2D eigenvalue weighted by Crippen LogP contribution is 2.39. The number of hydrogen-bond acceptors (Lipinski definition) is 6. The van der Waals surface area contributed by atoms with E-state index < -0.39 is 0 Å². The number of likely N-dealkylation sites (tertiary alicyclic amines) is 1. The van der Waals surface area contributed by atoms with Gasteiger partial charge in [-0.15, -0.1) is 0 Å². The summed E-state index contributed by atoms with van der Waals surface area (Å²) in [6, 6.07) is 5.49. The van der Waals surface area contributed by atoms with Gasteiger partial charge in [0.15, 0.2) is 5.65 Å². The smallest absolute Gasteiger partial charge is 0.251 e. The molecule has 0 spiro atoms. The van der Waals surface area contributed by atoms with Crippen LogP contribution in [0, 0.1) is 0 Å². The Hall–Kier alpha value is -3.17. The summed E-state index contributed by atoms with van der Waals surface area (Å²) in [6.45, 7) is 10.2. The van der Waals surface area contributed by atoms with Gasteiger partial charge in [-0.05, 0) is 71.8 Å². The molecule has 1 saturated heterocycles. The van der Waals surface area contributed by atoms with Crippen molar-refractivity contribution < 1.29 is 4.79 Å². The summed E-state index contributed by atoms with van der Waals surface area (Å²) in [5.74, 6) is 0.243. The van der Waals surface area contributed by atoms with Crippen molar-refractivity contribution in [2.24, 2.45) is 0 Å². The molecule has 1 aliphatic heterocycles. The fraction of sp³-hybridized carbons (Fsp3) is 0.462. The van der Waals surface area contributed by atoms with E-state index in [2.05, 4.69) is 25.2 Å². The number of H-pyrrole nitrogens is 1. The molecule has 1 aromatic carbocycles. The van der Waals surface area contributed by atoms with E-state index in [-0.39, 0.29) is 11.4 Å². The summed E-state index contributed by atoms with van der Waals surface area (Å²) in [7, 11) is 0. The number of nitrogens with two attached hydrogens (primary N) is 1. The van der Waals surface area contributed by atoms with E-state index >= 15 is 0 Å². The number of benzene rings is 1. The van der Waals surface area contributed by atoms with Gasteiger partial charge >= 0.3 is 0 Å². The molecule has 0 aliphatic carbocycles. The highest BCUT2D eigenvalue weighted by atomic mass is 35.5. The van der Waals surface area contributed by atoms with Crippen molar-refractivity contribution in [1.82, 2.24) is 34.9 Å². The number of fused-ring (bicyclic) bond motifs is 2. The van der Waals surface area contributed by atoms with Crippen LogP contribution in [0.4, 0.5) is 5.82 Å². The van der Waals surface area contributed by atoms with Crippen molar-refractivity contribution in [3.63, 3.8) is 0 Å². The number of nitrogens with zero attached hydrogens (tertiary/aromatic N) is 5. The largest absolute Gasteiger partial charge is 0.383 e. The Morgan fingerprint density at radius 1 is 1.19 bits per heavy atom. The molecule has 1 aliphatic rings. The van der Waals surface area contributed by atoms with Gasteiger partial charge in [0.1, 0.15) is 17.8 Å². The van der Waals surface area contributed by atoms with Gasteiger partial charge in [0.25, 0.3) is 5.91 Å². The number of carbonyl (C=O) groups excluding carboxylic acids is 1. The molecule has 10 heteroatoms. The molecule has 1 amide bonds. The molecule has 36 heavy (non-hydrogen) atoms. The molecule has 3 aromatic heterocycles. The second-order valence-corrected chi connectivity index (χ2v) is 10.9. The Morgan fingerprint density at radius 3 is 2.72 bits per heavy atom. The van der Waals surface area contributed by atoms with Crippen molar-refractivity contribution in [3.8, 4) is 11.4 Å². The molecule has 0 saturated carbocycles. The number of aromatic nitrogens is 5. The van der Waals surface area contributed by atoms with Crippen LogP contribution >= 0.6 is 11.6 Å². The predicted molar refractivity (Wildman–Crippen MR) is 144 cm³/mol. The number of aromatic amines is 1. The minimum absolute atomic E-state index is 0.0945. The molecule has 9 nitrogen and oxygen atoms in total. The third-order valence-corrected chi connectivity index (χ3v) is 7.14. The highest BCUT2D eigenvalue weighted by molar-refractivity contribution is 6.38. The second-order valence-electron chi connectivity index (χ2n) is 10.5. The summed E-state index contributed by atoms with van der Waals surface area (Å²) in [5, 5.41) is 9.85. The normalized spacial score (nSPS) is 15.1. The fourth-order valence-corrected chi connectivity index (χ4v) is 5.18. The number of halogens is 1. The first-order valence-corrected chi connectivity index (χ1v) is 12.9. The standard InChI is InChI=1S/C26H33ClN8O/c1-26(2,3)35-24-19(23(28)30-15-31-24)21(33-35)22-20(27)17-9-8-16(14-18(17)32-22)25(36)29-10-7-13-34-11-5-4-6-12-34/h8-9,14-15,32H,4-7,10-13H2,1-3H3,(H,29,36)(H2,28,30,31). The molecule has 0 bridgehead atoms. The van der Waals surface area contributed by atoms with Crippen LogP contribution in [0.1, 0.15) is 56.8 Å². The van der Waals surface area contributed by atoms with Crippen LogP contribution in [0.25, 0.3) is 33.3 Å². The van der Waals surface area contributed by atoms with Gasteiger partial charge in [0, 0.05) is 23.0 Å².